The Morgan fingerprint density at radius 2 is 2.09 bits per heavy atom. The number of ether oxygens (including phenoxy) is 2. The minimum absolute atomic E-state index is 0.141. The van der Waals surface area contributed by atoms with Crippen molar-refractivity contribution in [1.82, 2.24) is 5.32 Å². The lowest BCUT2D eigenvalue weighted by Gasteiger charge is -2.20. The topological polar surface area (TPSA) is 60.7 Å². The SMILES string of the molecule is O=C(NCCc1cc(F)cc2c1OCOC2)c1oc2ccccc2c1CSc1cccs1. The molecule has 1 aliphatic rings. The van der Waals surface area contributed by atoms with Crippen molar-refractivity contribution in [3.63, 3.8) is 0 Å². The molecule has 0 bridgehead atoms. The van der Waals surface area contributed by atoms with E-state index in [2.05, 4.69) is 11.4 Å². The van der Waals surface area contributed by atoms with E-state index in [1.807, 2.05) is 35.7 Å². The van der Waals surface area contributed by atoms with Gasteiger partial charge in [0.1, 0.15) is 17.1 Å². The number of hydrogen-bond acceptors (Lipinski definition) is 6. The second-order valence-electron chi connectivity index (χ2n) is 7.30. The highest BCUT2D eigenvalue weighted by atomic mass is 32.2. The van der Waals surface area contributed by atoms with Gasteiger partial charge in [0.15, 0.2) is 12.6 Å². The zero-order chi connectivity index (χ0) is 21.9. The van der Waals surface area contributed by atoms with Crippen LogP contribution >= 0.6 is 23.1 Å². The fraction of sp³-hybridized carbons (Fsp3) is 0.208. The molecule has 5 rings (SSSR count). The van der Waals surface area contributed by atoms with E-state index in [0.29, 0.717) is 53.5 Å². The van der Waals surface area contributed by atoms with Crippen LogP contribution in [0.25, 0.3) is 11.0 Å². The number of benzene rings is 2. The summed E-state index contributed by atoms with van der Waals surface area (Å²) < 4.78 is 31.8. The molecule has 0 spiro atoms. The largest absolute Gasteiger partial charge is 0.467 e. The lowest BCUT2D eigenvalue weighted by Crippen LogP contribution is -2.26. The summed E-state index contributed by atoms with van der Waals surface area (Å²) in [7, 11) is 0. The number of nitrogens with one attached hydrogen (secondary N) is 1. The second-order valence-corrected chi connectivity index (χ2v) is 9.52. The zero-order valence-electron chi connectivity index (χ0n) is 17.1. The Kier molecular flexibility index (Phi) is 6.16. The predicted molar refractivity (Wildman–Crippen MR) is 123 cm³/mol. The van der Waals surface area contributed by atoms with Gasteiger partial charge in [-0.1, -0.05) is 24.3 Å². The zero-order valence-corrected chi connectivity index (χ0v) is 18.7. The lowest BCUT2D eigenvalue weighted by molar-refractivity contribution is -0.0172. The smallest absolute Gasteiger partial charge is 0.287 e. The Morgan fingerprint density at radius 1 is 1.19 bits per heavy atom. The number of thiophene rings is 1. The summed E-state index contributed by atoms with van der Waals surface area (Å²) in [6.07, 6.45) is 0.436. The van der Waals surface area contributed by atoms with Gasteiger partial charge in [-0.25, -0.2) is 4.39 Å². The molecule has 0 fully saturated rings. The average Bonchev–Trinajstić information content (AvgIpc) is 3.45. The quantitative estimate of drug-likeness (QED) is 0.349. The molecule has 4 aromatic rings. The van der Waals surface area contributed by atoms with E-state index in [4.69, 9.17) is 13.9 Å². The third-order valence-corrected chi connectivity index (χ3v) is 7.35. The Hall–Kier alpha value is -2.81. The van der Waals surface area contributed by atoms with Crippen molar-refractivity contribution < 1.29 is 23.1 Å². The molecule has 0 saturated carbocycles. The summed E-state index contributed by atoms with van der Waals surface area (Å²) >= 11 is 3.35. The maximum Gasteiger partial charge on any atom is 0.287 e. The van der Waals surface area contributed by atoms with Crippen LogP contribution in [0, 0.1) is 5.82 Å². The van der Waals surface area contributed by atoms with Crippen molar-refractivity contribution >= 4 is 40.0 Å². The molecule has 1 N–H and O–H groups in total. The molecule has 8 heteroatoms. The molecule has 2 aromatic carbocycles. The molecule has 0 aliphatic carbocycles. The van der Waals surface area contributed by atoms with Gasteiger partial charge in [-0.2, -0.15) is 0 Å². The van der Waals surface area contributed by atoms with E-state index in [0.717, 1.165) is 10.9 Å². The van der Waals surface area contributed by atoms with Gasteiger partial charge in [-0.3, -0.25) is 4.79 Å². The van der Waals surface area contributed by atoms with Crippen LogP contribution in [0.4, 0.5) is 4.39 Å². The lowest BCUT2D eigenvalue weighted by atomic mass is 10.1. The van der Waals surface area contributed by atoms with Crippen molar-refractivity contribution in [3.8, 4) is 5.75 Å². The Labute approximate surface area is 192 Å². The van der Waals surface area contributed by atoms with Crippen molar-refractivity contribution in [2.24, 2.45) is 0 Å². The van der Waals surface area contributed by atoms with E-state index in [9.17, 15) is 9.18 Å². The Balaban J connectivity index is 1.32. The van der Waals surface area contributed by atoms with Crippen LogP contribution in [0.15, 0.2) is 62.5 Å². The van der Waals surface area contributed by atoms with Crippen molar-refractivity contribution in [2.45, 2.75) is 23.0 Å². The van der Waals surface area contributed by atoms with Gasteiger partial charge in [0, 0.05) is 28.8 Å². The van der Waals surface area contributed by atoms with Crippen LogP contribution in [-0.2, 0) is 23.5 Å². The normalized spacial score (nSPS) is 13.0. The van der Waals surface area contributed by atoms with Gasteiger partial charge in [-0.15, -0.1) is 23.1 Å². The number of furan rings is 1. The molecular weight excluding hydrogens is 449 g/mol. The van der Waals surface area contributed by atoms with Gasteiger partial charge in [0.25, 0.3) is 5.91 Å². The highest BCUT2D eigenvalue weighted by Crippen LogP contribution is 2.34. The molecular formula is C24H20FNO4S2. The van der Waals surface area contributed by atoms with Crippen molar-refractivity contribution in [3.05, 3.63) is 82.2 Å². The van der Waals surface area contributed by atoms with Crippen LogP contribution in [0.1, 0.15) is 27.2 Å². The molecule has 0 saturated heterocycles. The first-order chi connectivity index (χ1) is 15.7. The summed E-state index contributed by atoms with van der Waals surface area (Å²) in [5.74, 6) is 0.970. The van der Waals surface area contributed by atoms with E-state index >= 15 is 0 Å². The fourth-order valence-electron chi connectivity index (χ4n) is 3.75. The highest BCUT2D eigenvalue weighted by molar-refractivity contribution is 8.00. The molecule has 1 aliphatic heterocycles. The van der Waals surface area contributed by atoms with Crippen LogP contribution in [0.3, 0.4) is 0 Å². The van der Waals surface area contributed by atoms with Gasteiger partial charge >= 0.3 is 0 Å². The number of hydrogen-bond donors (Lipinski definition) is 1. The van der Waals surface area contributed by atoms with Crippen LogP contribution in [0.5, 0.6) is 5.75 Å². The maximum atomic E-state index is 14.0. The predicted octanol–water partition coefficient (Wildman–Crippen LogP) is 5.76. The van der Waals surface area contributed by atoms with Crippen molar-refractivity contribution in [1.29, 1.82) is 0 Å². The summed E-state index contributed by atoms with van der Waals surface area (Å²) in [4.78, 5) is 13.0. The van der Waals surface area contributed by atoms with E-state index in [1.165, 1.54) is 16.3 Å². The molecule has 0 unspecified atom stereocenters. The van der Waals surface area contributed by atoms with Crippen molar-refractivity contribution in [2.75, 3.05) is 13.3 Å². The van der Waals surface area contributed by atoms with Crippen LogP contribution < -0.4 is 10.1 Å². The van der Waals surface area contributed by atoms with Crippen LogP contribution in [0.2, 0.25) is 0 Å². The van der Waals surface area contributed by atoms with E-state index in [1.54, 1.807) is 23.1 Å². The number of fused-ring (bicyclic) bond motifs is 2. The third kappa shape index (κ3) is 4.39. The first-order valence-electron chi connectivity index (χ1n) is 10.2. The van der Waals surface area contributed by atoms with Gasteiger partial charge in [0.2, 0.25) is 0 Å². The maximum absolute atomic E-state index is 14.0. The standard InChI is InChI=1S/C24H20FNO4S2/c25-17-10-15(22-16(11-17)12-28-14-29-22)7-8-26-24(27)23-19(13-32-21-6-3-9-31-21)18-4-1-2-5-20(18)30-23/h1-6,9-11H,7-8,12-14H2,(H,26,27). The monoisotopic (exact) mass is 469 g/mol. The molecule has 2 aromatic heterocycles. The van der Waals surface area contributed by atoms with E-state index < -0.39 is 0 Å². The number of para-hydroxylation sites is 1. The number of carbonyl (C=O) groups is 1. The number of amides is 1. The molecule has 3 heterocycles. The van der Waals surface area contributed by atoms with Crippen LogP contribution in [-0.4, -0.2) is 19.2 Å². The highest BCUT2D eigenvalue weighted by Gasteiger charge is 2.21. The van der Waals surface area contributed by atoms with Gasteiger partial charge in [-0.05, 0) is 41.6 Å². The Morgan fingerprint density at radius 3 is 2.97 bits per heavy atom. The minimum Gasteiger partial charge on any atom is -0.467 e. The van der Waals surface area contributed by atoms with E-state index in [-0.39, 0.29) is 18.5 Å². The number of thioether (sulfide) groups is 1. The molecule has 164 valence electrons. The molecule has 1 amide bonds. The number of carbonyl (C=O) groups excluding carboxylic acids is 1. The summed E-state index contributed by atoms with van der Waals surface area (Å²) in [5, 5.41) is 5.89. The van der Waals surface area contributed by atoms with Gasteiger partial charge < -0.3 is 19.2 Å². The first-order valence-corrected chi connectivity index (χ1v) is 12.0. The number of halogens is 1. The molecule has 5 nitrogen and oxygen atoms in total. The first kappa shape index (κ1) is 21.1. The Bertz CT molecular complexity index is 1250. The second kappa shape index (κ2) is 9.36. The molecule has 0 radical (unpaired) electrons. The minimum atomic E-state index is -0.343. The number of rotatable bonds is 7. The molecule has 0 atom stereocenters. The average molecular weight is 470 g/mol. The van der Waals surface area contributed by atoms with Gasteiger partial charge in [0.05, 0.1) is 10.8 Å². The summed E-state index contributed by atoms with van der Waals surface area (Å²) in [6.45, 7) is 0.784. The summed E-state index contributed by atoms with van der Waals surface area (Å²) in [6, 6.07) is 14.6. The fourth-order valence-corrected chi connectivity index (χ4v) is 5.56. The molecule has 32 heavy (non-hydrogen) atoms. The third-order valence-electron chi connectivity index (χ3n) is 5.19. The summed E-state index contributed by atoms with van der Waals surface area (Å²) in [5.41, 5.74) is 2.96.